The smallest absolute Gasteiger partial charge is 0.271 e. The molecule has 0 aliphatic rings. The van der Waals surface area contributed by atoms with E-state index >= 15 is 0 Å². The summed E-state index contributed by atoms with van der Waals surface area (Å²) in [6.45, 7) is 0. The Morgan fingerprint density at radius 3 is 1.53 bits per heavy atom. The molecule has 0 radical (unpaired) electrons. The highest BCUT2D eigenvalue weighted by atomic mass is 16.6. The first-order valence-electron chi connectivity index (χ1n) is 8.68. The lowest BCUT2D eigenvalue weighted by Crippen LogP contribution is -1.95. The van der Waals surface area contributed by atoms with Crippen molar-refractivity contribution < 1.29 is 9.85 Å². The SMILES string of the molecule is O=[N+]([O-])c1cccc(N/N=C\c2cccc(/C=N\Nc3cccc([N+](=O)[O-])c3)c2)c1. The minimum absolute atomic E-state index is 0.0235. The molecular weight excluding hydrogens is 388 g/mol. The second-order valence-electron chi connectivity index (χ2n) is 6.03. The lowest BCUT2D eigenvalue weighted by molar-refractivity contribution is -0.385. The van der Waals surface area contributed by atoms with E-state index in [1.54, 1.807) is 36.7 Å². The monoisotopic (exact) mass is 404 g/mol. The van der Waals surface area contributed by atoms with Gasteiger partial charge in [-0.1, -0.05) is 30.3 Å². The Bertz CT molecular complexity index is 1040. The number of non-ortho nitro benzene ring substituents is 2. The Morgan fingerprint density at radius 2 is 1.10 bits per heavy atom. The maximum atomic E-state index is 10.8. The van der Waals surface area contributed by atoms with Crippen LogP contribution in [0.1, 0.15) is 11.1 Å². The van der Waals surface area contributed by atoms with E-state index in [9.17, 15) is 20.2 Å². The molecule has 0 amide bonds. The van der Waals surface area contributed by atoms with Crippen molar-refractivity contribution in [1.29, 1.82) is 0 Å². The molecule has 3 aromatic carbocycles. The van der Waals surface area contributed by atoms with E-state index in [1.165, 1.54) is 24.3 Å². The van der Waals surface area contributed by atoms with Crippen LogP contribution >= 0.6 is 0 Å². The van der Waals surface area contributed by atoms with E-state index < -0.39 is 9.85 Å². The predicted octanol–water partition coefficient (Wildman–Crippen LogP) is 4.40. The van der Waals surface area contributed by atoms with Crippen LogP contribution in [0.5, 0.6) is 0 Å². The zero-order valence-electron chi connectivity index (χ0n) is 15.5. The summed E-state index contributed by atoms with van der Waals surface area (Å²) in [7, 11) is 0. The fourth-order valence-corrected chi connectivity index (χ4v) is 2.46. The van der Waals surface area contributed by atoms with Gasteiger partial charge in [-0.25, -0.2) is 0 Å². The van der Waals surface area contributed by atoms with Crippen molar-refractivity contribution >= 4 is 35.2 Å². The van der Waals surface area contributed by atoms with Crippen LogP contribution in [0, 0.1) is 20.2 Å². The van der Waals surface area contributed by atoms with Crippen LogP contribution < -0.4 is 10.9 Å². The van der Waals surface area contributed by atoms with E-state index in [0.29, 0.717) is 11.4 Å². The molecule has 0 aliphatic carbocycles. The summed E-state index contributed by atoms with van der Waals surface area (Å²) < 4.78 is 0. The van der Waals surface area contributed by atoms with Gasteiger partial charge < -0.3 is 0 Å². The quantitative estimate of drug-likeness (QED) is 0.325. The second-order valence-corrected chi connectivity index (χ2v) is 6.03. The van der Waals surface area contributed by atoms with E-state index in [1.807, 2.05) is 24.3 Å². The minimum atomic E-state index is -0.473. The van der Waals surface area contributed by atoms with Gasteiger partial charge >= 0.3 is 0 Å². The summed E-state index contributed by atoms with van der Waals surface area (Å²) in [6.07, 6.45) is 3.15. The number of anilines is 2. The summed E-state index contributed by atoms with van der Waals surface area (Å²) in [5, 5.41) is 29.8. The van der Waals surface area contributed by atoms with E-state index in [4.69, 9.17) is 0 Å². The van der Waals surface area contributed by atoms with Gasteiger partial charge in [0.2, 0.25) is 0 Å². The molecule has 10 nitrogen and oxygen atoms in total. The van der Waals surface area contributed by atoms with Gasteiger partial charge in [0.25, 0.3) is 11.4 Å². The molecule has 150 valence electrons. The zero-order chi connectivity index (χ0) is 21.3. The average Bonchev–Trinajstić information content (AvgIpc) is 2.74. The zero-order valence-corrected chi connectivity index (χ0v) is 15.5. The van der Waals surface area contributed by atoms with E-state index in [-0.39, 0.29) is 11.4 Å². The van der Waals surface area contributed by atoms with Gasteiger partial charge in [0.05, 0.1) is 33.7 Å². The van der Waals surface area contributed by atoms with Crippen LogP contribution in [0.25, 0.3) is 0 Å². The van der Waals surface area contributed by atoms with Gasteiger partial charge in [0.1, 0.15) is 0 Å². The van der Waals surface area contributed by atoms with Crippen molar-refractivity contribution in [3.05, 3.63) is 104 Å². The molecule has 2 N–H and O–H groups in total. The second kappa shape index (κ2) is 9.55. The number of rotatable bonds is 8. The van der Waals surface area contributed by atoms with Crippen LogP contribution in [0.2, 0.25) is 0 Å². The van der Waals surface area contributed by atoms with Crippen LogP contribution in [-0.2, 0) is 0 Å². The molecule has 0 aliphatic heterocycles. The summed E-state index contributed by atoms with van der Waals surface area (Å²) in [6, 6.07) is 19.4. The number of hydrogen-bond acceptors (Lipinski definition) is 8. The first-order chi connectivity index (χ1) is 14.5. The summed E-state index contributed by atoms with van der Waals surface area (Å²) in [5.74, 6) is 0. The van der Waals surface area contributed by atoms with E-state index in [0.717, 1.165) is 11.1 Å². The Balaban J connectivity index is 1.61. The molecule has 0 fully saturated rings. The first-order valence-corrected chi connectivity index (χ1v) is 8.68. The number of nitro benzene ring substituents is 2. The molecule has 30 heavy (non-hydrogen) atoms. The van der Waals surface area contributed by atoms with Crippen molar-refractivity contribution in [2.45, 2.75) is 0 Å². The summed E-state index contributed by atoms with van der Waals surface area (Å²) in [5.41, 5.74) is 8.02. The van der Waals surface area contributed by atoms with Crippen molar-refractivity contribution in [1.82, 2.24) is 0 Å². The van der Waals surface area contributed by atoms with Crippen molar-refractivity contribution in [3.63, 3.8) is 0 Å². The van der Waals surface area contributed by atoms with Crippen LogP contribution in [0.4, 0.5) is 22.7 Å². The third-order valence-corrected chi connectivity index (χ3v) is 3.84. The van der Waals surface area contributed by atoms with Gasteiger partial charge in [0.15, 0.2) is 0 Å². The Morgan fingerprint density at radius 1 is 0.667 bits per heavy atom. The average molecular weight is 404 g/mol. The Kier molecular flexibility index (Phi) is 6.41. The lowest BCUT2D eigenvalue weighted by atomic mass is 10.1. The molecule has 0 heterocycles. The number of hydrazone groups is 2. The third kappa shape index (κ3) is 5.70. The number of nitrogens with zero attached hydrogens (tertiary/aromatic N) is 4. The third-order valence-electron chi connectivity index (χ3n) is 3.84. The number of benzene rings is 3. The fourth-order valence-electron chi connectivity index (χ4n) is 2.46. The molecular formula is C20H16N6O4. The highest BCUT2D eigenvalue weighted by molar-refractivity contribution is 5.86. The Hall–Kier alpha value is -4.60. The molecule has 0 spiro atoms. The number of nitrogens with one attached hydrogen (secondary N) is 2. The molecule has 0 atom stereocenters. The normalized spacial score (nSPS) is 10.9. The minimum Gasteiger partial charge on any atom is -0.278 e. The number of hydrogen-bond donors (Lipinski definition) is 2. The van der Waals surface area contributed by atoms with Gasteiger partial charge in [-0.15, -0.1) is 0 Å². The highest BCUT2D eigenvalue weighted by Gasteiger charge is 2.05. The molecule has 3 rings (SSSR count). The largest absolute Gasteiger partial charge is 0.278 e. The highest BCUT2D eigenvalue weighted by Crippen LogP contribution is 2.17. The standard InChI is InChI=1S/C20H16N6O4/c27-25(28)19-8-2-6-17(11-19)23-21-13-15-4-1-5-16(10-15)14-22-24-18-7-3-9-20(12-18)26(29)30/h1-14,23-24H/b21-13-,22-14-. The van der Waals surface area contributed by atoms with E-state index in [2.05, 4.69) is 21.1 Å². The maximum Gasteiger partial charge on any atom is 0.271 e. The van der Waals surface area contributed by atoms with Crippen molar-refractivity contribution in [2.75, 3.05) is 10.9 Å². The van der Waals surface area contributed by atoms with Gasteiger partial charge in [-0.3, -0.25) is 31.1 Å². The van der Waals surface area contributed by atoms with Crippen LogP contribution in [-0.4, -0.2) is 22.3 Å². The molecule has 0 aromatic heterocycles. The van der Waals surface area contributed by atoms with Crippen molar-refractivity contribution in [3.8, 4) is 0 Å². The van der Waals surface area contributed by atoms with Gasteiger partial charge in [-0.2, -0.15) is 10.2 Å². The molecule has 0 bridgehead atoms. The topological polar surface area (TPSA) is 135 Å². The lowest BCUT2D eigenvalue weighted by Gasteiger charge is -2.01. The first kappa shape index (κ1) is 20.1. The molecule has 10 heteroatoms. The van der Waals surface area contributed by atoms with Crippen LogP contribution in [0.15, 0.2) is 83.0 Å². The molecule has 0 unspecified atom stereocenters. The Labute approximate surface area is 170 Å². The van der Waals surface area contributed by atoms with Crippen LogP contribution in [0.3, 0.4) is 0 Å². The van der Waals surface area contributed by atoms with Gasteiger partial charge in [0, 0.05) is 24.3 Å². The van der Waals surface area contributed by atoms with Crippen molar-refractivity contribution in [2.24, 2.45) is 10.2 Å². The summed E-state index contributed by atoms with van der Waals surface area (Å²) in [4.78, 5) is 20.7. The summed E-state index contributed by atoms with van der Waals surface area (Å²) >= 11 is 0. The molecule has 3 aromatic rings. The molecule has 0 saturated heterocycles. The maximum absolute atomic E-state index is 10.8. The molecule has 0 saturated carbocycles. The fraction of sp³-hybridized carbons (Fsp3) is 0. The predicted molar refractivity (Wildman–Crippen MR) is 115 cm³/mol. The van der Waals surface area contributed by atoms with Gasteiger partial charge in [-0.05, 0) is 29.3 Å². The number of nitro groups is 2.